The van der Waals surface area contributed by atoms with Crippen molar-refractivity contribution in [3.05, 3.63) is 35.5 Å². The molecule has 0 amide bonds. The van der Waals surface area contributed by atoms with E-state index in [0.29, 0.717) is 30.3 Å². The van der Waals surface area contributed by atoms with Gasteiger partial charge in [-0.1, -0.05) is 18.0 Å². The first-order valence-electron chi connectivity index (χ1n) is 7.86. The predicted molar refractivity (Wildman–Crippen MR) is 87.2 cm³/mol. The standard InChI is InChI=1S/C16H21N3O4S/c1-11-10-13(6-7-14(11)22-3)24(20,21)19-16(8-4-5-9-16)15-17-12(2)23-18-15/h6-7,10,19H,4-5,8-9H2,1-3H3. The molecule has 0 spiro atoms. The van der Waals surface area contributed by atoms with E-state index in [1.165, 1.54) is 6.07 Å². The van der Waals surface area contributed by atoms with Crippen LogP contribution in [0.3, 0.4) is 0 Å². The number of benzene rings is 1. The van der Waals surface area contributed by atoms with Gasteiger partial charge >= 0.3 is 0 Å². The number of sulfonamides is 1. The fourth-order valence-electron chi connectivity index (χ4n) is 3.18. The molecule has 1 heterocycles. The second-order valence-corrected chi connectivity index (χ2v) is 7.85. The van der Waals surface area contributed by atoms with Crippen LogP contribution in [0.15, 0.2) is 27.6 Å². The van der Waals surface area contributed by atoms with Crippen molar-refractivity contribution in [2.24, 2.45) is 0 Å². The van der Waals surface area contributed by atoms with Crippen LogP contribution in [0, 0.1) is 13.8 Å². The number of nitrogens with zero attached hydrogens (tertiary/aromatic N) is 2. The first-order valence-corrected chi connectivity index (χ1v) is 9.34. The lowest BCUT2D eigenvalue weighted by molar-refractivity contribution is 0.338. The Labute approximate surface area is 141 Å². The Balaban J connectivity index is 1.96. The van der Waals surface area contributed by atoms with Crippen LogP contribution in [0.2, 0.25) is 0 Å². The molecule has 8 heteroatoms. The van der Waals surface area contributed by atoms with Gasteiger partial charge < -0.3 is 9.26 Å². The van der Waals surface area contributed by atoms with Gasteiger partial charge in [0.05, 0.1) is 17.5 Å². The number of ether oxygens (including phenoxy) is 1. The summed E-state index contributed by atoms with van der Waals surface area (Å²) in [6.45, 7) is 3.51. The highest BCUT2D eigenvalue weighted by molar-refractivity contribution is 7.89. The minimum atomic E-state index is -3.72. The summed E-state index contributed by atoms with van der Waals surface area (Å²) in [6.07, 6.45) is 3.14. The highest BCUT2D eigenvalue weighted by atomic mass is 32.2. The van der Waals surface area contributed by atoms with Crippen LogP contribution in [0.1, 0.15) is 43.0 Å². The predicted octanol–water partition coefficient (Wildman–Crippen LogP) is 2.44. The first-order chi connectivity index (χ1) is 11.4. The van der Waals surface area contributed by atoms with Crippen LogP contribution in [0.4, 0.5) is 0 Å². The van der Waals surface area contributed by atoms with Crippen molar-refractivity contribution in [1.82, 2.24) is 14.9 Å². The molecular weight excluding hydrogens is 330 g/mol. The van der Waals surface area contributed by atoms with Crippen LogP contribution in [-0.2, 0) is 15.6 Å². The molecule has 7 nitrogen and oxygen atoms in total. The third-order valence-corrected chi connectivity index (χ3v) is 5.95. The van der Waals surface area contributed by atoms with E-state index >= 15 is 0 Å². The van der Waals surface area contributed by atoms with Gasteiger partial charge in [-0.3, -0.25) is 0 Å². The van der Waals surface area contributed by atoms with Crippen LogP contribution in [0.25, 0.3) is 0 Å². The second-order valence-electron chi connectivity index (χ2n) is 6.16. The fraction of sp³-hybridized carbons (Fsp3) is 0.500. The quantitative estimate of drug-likeness (QED) is 0.889. The van der Waals surface area contributed by atoms with Gasteiger partial charge in [-0.2, -0.15) is 9.71 Å². The van der Waals surface area contributed by atoms with Gasteiger partial charge in [0.15, 0.2) is 5.82 Å². The molecular formula is C16H21N3O4S. The lowest BCUT2D eigenvalue weighted by atomic mass is 9.98. The third kappa shape index (κ3) is 3.03. The first kappa shape index (κ1) is 16.9. The largest absolute Gasteiger partial charge is 0.496 e. The van der Waals surface area contributed by atoms with E-state index in [-0.39, 0.29) is 4.90 Å². The molecule has 1 fully saturated rings. The zero-order valence-corrected chi connectivity index (χ0v) is 14.8. The molecule has 0 aliphatic heterocycles. The number of nitrogens with one attached hydrogen (secondary N) is 1. The summed E-state index contributed by atoms with van der Waals surface area (Å²) in [5.74, 6) is 1.49. The summed E-state index contributed by atoms with van der Waals surface area (Å²) in [6, 6.07) is 4.80. The molecule has 1 N–H and O–H groups in total. The summed E-state index contributed by atoms with van der Waals surface area (Å²) in [4.78, 5) is 4.46. The summed E-state index contributed by atoms with van der Waals surface area (Å²) >= 11 is 0. The highest BCUT2D eigenvalue weighted by Gasteiger charge is 2.43. The molecule has 1 aromatic carbocycles. The van der Waals surface area contributed by atoms with Gasteiger partial charge in [0, 0.05) is 6.92 Å². The molecule has 2 aromatic rings. The summed E-state index contributed by atoms with van der Waals surface area (Å²) < 4.78 is 38.8. The SMILES string of the molecule is COc1ccc(S(=O)(=O)NC2(c3noc(C)n3)CCCC2)cc1C. The fourth-order valence-corrected chi connectivity index (χ4v) is 4.68. The zero-order chi connectivity index (χ0) is 17.4. The molecule has 0 radical (unpaired) electrons. The van der Waals surface area contributed by atoms with E-state index in [1.807, 2.05) is 6.92 Å². The number of hydrogen-bond donors (Lipinski definition) is 1. The number of hydrogen-bond acceptors (Lipinski definition) is 6. The molecule has 0 bridgehead atoms. The topological polar surface area (TPSA) is 94.3 Å². The molecule has 0 unspecified atom stereocenters. The van der Waals surface area contributed by atoms with Gasteiger partial charge in [0.1, 0.15) is 5.75 Å². The Morgan fingerprint density at radius 2 is 1.96 bits per heavy atom. The Morgan fingerprint density at radius 3 is 2.50 bits per heavy atom. The molecule has 1 saturated carbocycles. The Kier molecular flexibility index (Phi) is 4.35. The van der Waals surface area contributed by atoms with Crippen molar-refractivity contribution < 1.29 is 17.7 Å². The highest BCUT2D eigenvalue weighted by Crippen LogP contribution is 2.38. The lowest BCUT2D eigenvalue weighted by Gasteiger charge is -2.26. The minimum Gasteiger partial charge on any atom is -0.496 e. The van der Waals surface area contributed by atoms with Crippen molar-refractivity contribution >= 4 is 10.0 Å². The maximum atomic E-state index is 12.9. The van der Waals surface area contributed by atoms with Gasteiger partial charge in [-0.15, -0.1) is 0 Å². The van der Waals surface area contributed by atoms with E-state index in [9.17, 15) is 8.42 Å². The molecule has 0 saturated heterocycles. The Bertz CT molecular complexity index is 839. The average molecular weight is 351 g/mol. The number of aryl methyl sites for hydroxylation is 2. The number of methoxy groups -OCH3 is 1. The summed E-state index contributed by atoms with van der Waals surface area (Å²) in [7, 11) is -2.16. The minimum absolute atomic E-state index is 0.201. The van der Waals surface area contributed by atoms with Crippen LogP contribution in [0.5, 0.6) is 5.75 Å². The molecule has 1 aromatic heterocycles. The molecule has 1 aliphatic rings. The number of rotatable bonds is 5. The molecule has 24 heavy (non-hydrogen) atoms. The lowest BCUT2D eigenvalue weighted by Crippen LogP contribution is -2.44. The average Bonchev–Trinajstić information content (AvgIpc) is 3.17. The van der Waals surface area contributed by atoms with Gasteiger partial charge in [-0.05, 0) is 43.5 Å². The normalized spacial score (nSPS) is 17.1. The van der Waals surface area contributed by atoms with E-state index in [2.05, 4.69) is 14.9 Å². The Hall–Kier alpha value is -1.93. The van der Waals surface area contributed by atoms with Crippen molar-refractivity contribution in [3.63, 3.8) is 0 Å². The van der Waals surface area contributed by atoms with Crippen molar-refractivity contribution in [2.45, 2.75) is 50.0 Å². The van der Waals surface area contributed by atoms with E-state index < -0.39 is 15.6 Å². The van der Waals surface area contributed by atoms with Crippen LogP contribution in [-0.4, -0.2) is 25.7 Å². The molecule has 3 rings (SSSR count). The van der Waals surface area contributed by atoms with Crippen molar-refractivity contribution in [3.8, 4) is 5.75 Å². The summed E-state index contributed by atoms with van der Waals surface area (Å²) in [5, 5.41) is 3.96. The Morgan fingerprint density at radius 1 is 1.25 bits per heavy atom. The van der Waals surface area contributed by atoms with E-state index in [4.69, 9.17) is 9.26 Å². The molecule has 1 aliphatic carbocycles. The van der Waals surface area contributed by atoms with Gasteiger partial charge in [-0.25, -0.2) is 8.42 Å². The van der Waals surface area contributed by atoms with Crippen LogP contribution >= 0.6 is 0 Å². The van der Waals surface area contributed by atoms with Gasteiger partial charge in [0.25, 0.3) is 0 Å². The van der Waals surface area contributed by atoms with E-state index in [1.54, 1.807) is 26.2 Å². The monoisotopic (exact) mass is 351 g/mol. The molecule has 0 atom stereocenters. The van der Waals surface area contributed by atoms with Crippen LogP contribution < -0.4 is 9.46 Å². The molecule has 130 valence electrons. The van der Waals surface area contributed by atoms with E-state index in [0.717, 1.165) is 18.4 Å². The summed E-state index contributed by atoms with van der Waals surface area (Å²) in [5.41, 5.74) is -0.0407. The zero-order valence-electron chi connectivity index (χ0n) is 14.0. The van der Waals surface area contributed by atoms with Gasteiger partial charge in [0.2, 0.25) is 15.9 Å². The maximum Gasteiger partial charge on any atom is 0.241 e. The number of aromatic nitrogens is 2. The smallest absolute Gasteiger partial charge is 0.241 e. The van der Waals surface area contributed by atoms with Crippen molar-refractivity contribution in [1.29, 1.82) is 0 Å². The second kappa shape index (κ2) is 6.18. The maximum absolute atomic E-state index is 12.9. The van der Waals surface area contributed by atoms with Crippen molar-refractivity contribution in [2.75, 3.05) is 7.11 Å². The third-order valence-electron chi connectivity index (χ3n) is 4.42.